The molecule has 1 aliphatic heterocycles. The highest BCUT2D eigenvalue weighted by Gasteiger charge is 2.23. The molecule has 1 saturated heterocycles. The summed E-state index contributed by atoms with van der Waals surface area (Å²) in [5.74, 6) is 0.229. The van der Waals surface area contributed by atoms with E-state index in [1.165, 1.54) is 5.56 Å². The van der Waals surface area contributed by atoms with Crippen molar-refractivity contribution in [1.29, 1.82) is 0 Å². The molecule has 2 rings (SSSR count). The van der Waals surface area contributed by atoms with Gasteiger partial charge < -0.3 is 5.32 Å². The second kappa shape index (κ2) is 5.43. The van der Waals surface area contributed by atoms with Crippen LogP contribution < -0.4 is 5.32 Å². The van der Waals surface area contributed by atoms with Crippen LogP contribution in [0, 0.1) is 6.92 Å². The molecule has 1 aliphatic rings. The van der Waals surface area contributed by atoms with Crippen molar-refractivity contribution >= 4 is 5.78 Å². The van der Waals surface area contributed by atoms with Crippen LogP contribution in [-0.2, 0) is 0 Å². The van der Waals surface area contributed by atoms with Gasteiger partial charge in [0.2, 0.25) is 0 Å². The molecular formula is C14H20N2O. The van der Waals surface area contributed by atoms with Crippen molar-refractivity contribution in [3.8, 4) is 0 Å². The molecule has 1 atom stereocenters. The van der Waals surface area contributed by atoms with E-state index in [1.807, 2.05) is 38.1 Å². The minimum Gasteiger partial charge on any atom is -0.314 e. The lowest BCUT2D eigenvalue weighted by Gasteiger charge is -2.31. The normalized spacial score (nSPS) is 18.9. The maximum absolute atomic E-state index is 12.3. The molecule has 0 saturated carbocycles. The zero-order chi connectivity index (χ0) is 12.3. The van der Waals surface area contributed by atoms with Gasteiger partial charge in [-0.3, -0.25) is 9.69 Å². The van der Waals surface area contributed by atoms with Gasteiger partial charge in [-0.15, -0.1) is 0 Å². The van der Waals surface area contributed by atoms with E-state index in [9.17, 15) is 4.79 Å². The number of ketones is 1. The average molecular weight is 232 g/mol. The fourth-order valence-electron chi connectivity index (χ4n) is 2.19. The molecule has 92 valence electrons. The topological polar surface area (TPSA) is 32.3 Å². The molecule has 0 bridgehead atoms. The minimum atomic E-state index is -0.0141. The average Bonchev–Trinajstić information content (AvgIpc) is 2.39. The fourth-order valence-corrected chi connectivity index (χ4v) is 2.19. The Morgan fingerprint density at radius 2 is 1.82 bits per heavy atom. The predicted octanol–water partition coefficient (Wildman–Crippen LogP) is 1.47. The standard InChI is InChI=1S/C14H20N2O/c1-11-3-5-13(6-4-11)14(17)12(2)16-9-7-15-8-10-16/h3-6,12,15H,7-10H2,1-2H3. The highest BCUT2D eigenvalue weighted by Crippen LogP contribution is 2.11. The second-order valence-electron chi connectivity index (χ2n) is 4.69. The molecule has 0 aliphatic carbocycles. The predicted molar refractivity (Wildman–Crippen MR) is 69.4 cm³/mol. The summed E-state index contributed by atoms with van der Waals surface area (Å²) in [5, 5.41) is 3.30. The van der Waals surface area contributed by atoms with Crippen LogP contribution in [0.25, 0.3) is 0 Å². The first kappa shape index (κ1) is 12.3. The monoisotopic (exact) mass is 232 g/mol. The highest BCUT2D eigenvalue weighted by atomic mass is 16.1. The van der Waals surface area contributed by atoms with E-state index >= 15 is 0 Å². The Bertz CT molecular complexity index is 380. The number of aryl methyl sites for hydroxylation is 1. The first-order valence-corrected chi connectivity index (χ1v) is 6.24. The van der Waals surface area contributed by atoms with E-state index in [0.29, 0.717) is 0 Å². The van der Waals surface area contributed by atoms with E-state index in [0.717, 1.165) is 31.7 Å². The van der Waals surface area contributed by atoms with Gasteiger partial charge in [0, 0.05) is 31.7 Å². The van der Waals surface area contributed by atoms with Crippen molar-refractivity contribution in [2.45, 2.75) is 19.9 Å². The first-order valence-electron chi connectivity index (χ1n) is 6.24. The molecule has 1 aromatic rings. The molecule has 1 fully saturated rings. The van der Waals surface area contributed by atoms with Gasteiger partial charge in [-0.05, 0) is 13.8 Å². The van der Waals surface area contributed by atoms with Crippen LogP contribution >= 0.6 is 0 Å². The summed E-state index contributed by atoms with van der Waals surface area (Å²) in [4.78, 5) is 14.5. The number of Topliss-reactive ketones (excluding diaryl/α,β-unsaturated/α-hetero) is 1. The van der Waals surface area contributed by atoms with Crippen molar-refractivity contribution in [1.82, 2.24) is 10.2 Å². The molecule has 0 radical (unpaired) electrons. The first-order chi connectivity index (χ1) is 8.18. The Balaban J connectivity index is 2.05. The van der Waals surface area contributed by atoms with Crippen molar-refractivity contribution in [2.75, 3.05) is 26.2 Å². The number of carbonyl (C=O) groups is 1. The minimum absolute atomic E-state index is 0.0141. The van der Waals surface area contributed by atoms with Gasteiger partial charge in [-0.2, -0.15) is 0 Å². The number of nitrogens with zero attached hydrogens (tertiary/aromatic N) is 1. The molecule has 1 heterocycles. The lowest BCUT2D eigenvalue weighted by atomic mass is 10.0. The third kappa shape index (κ3) is 2.93. The molecule has 1 N–H and O–H groups in total. The molecule has 3 nitrogen and oxygen atoms in total. The zero-order valence-corrected chi connectivity index (χ0v) is 10.6. The smallest absolute Gasteiger partial charge is 0.179 e. The second-order valence-corrected chi connectivity index (χ2v) is 4.69. The van der Waals surface area contributed by atoms with Gasteiger partial charge in [0.1, 0.15) is 0 Å². The van der Waals surface area contributed by atoms with Gasteiger partial charge >= 0.3 is 0 Å². The molecular weight excluding hydrogens is 212 g/mol. The number of carbonyl (C=O) groups excluding carboxylic acids is 1. The Morgan fingerprint density at radius 1 is 1.24 bits per heavy atom. The van der Waals surface area contributed by atoms with E-state index in [4.69, 9.17) is 0 Å². The summed E-state index contributed by atoms with van der Waals surface area (Å²) in [7, 11) is 0. The summed E-state index contributed by atoms with van der Waals surface area (Å²) < 4.78 is 0. The summed E-state index contributed by atoms with van der Waals surface area (Å²) in [6, 6.07) is 7.84. The van der Waals surface area contributed by atoms with Crippen molar-refractivity contribution < 1.29 is 4.79 Å². The van der Waals surface area contributed by atoms with Crippen LogP contribution in [0.2, 0.25) is 0 Å². The lowest BCUT2D eigenvalue weighted by molar-refractivity contribution is 0.0820. The van der Waals surface area contributed by atoms with E-state index in [2.05, 4.69) is 10.2 Å². The molecule has 0 aromatic heterocycles. The number of piperazine rings is 1. The Labute approximate surface area is 103 Å². The van der Waals surface area contributed by atoms with E-state index in [1.54, 1.807) is 0 Å². The van der Waals surface area contributed by atoms with Gasteiger partial charge in [-0.1, -0.05) is 29.8 Å². The van der Waals surface area contributed by atoms with Crippen LogP contribution in [-0.4, -0.2) is 42.9 Å². The number of hydrogen-bond donors (Lipinski definition) is 1. The summed E-state index contributed by atoms with van der Waals surface area (Å²) >= 11 is 0. The molecule has 0 spiro atoms. The van der Waals surface area contributed by atoms with Crippen molar-refractivity contribution in [3.05, 3.63) is 35.4 Å². The SMILES string of the molecule is Cc1ccc(C(=O)C(C)N2CCNCC2)cc1. The van der Waals surface area contributed by atoms with Crippen molar-refractivity contribution in [3.63, 3.8) is 0 Å². The largest absolute Gasteiger partial charge is 0.314 e. The molecule has 3 heteroatoms. The van der Waals surface area contributed by atoms with Gasteiger partial charge in [0.25, 0.3) is 0 Å². The molecule has 1 aromatic carbocycles. The molecule has 17 heavy (non-hydrogen) atoms. The van der Waals surface area contributed by atoms with E-state index in [-0.39, 0.29) is 11.8 Å². The fraction of sp³-hybridized carbons (Fsp3) is 0.500. The third-order valence-corrected chi connectivity index (χ3v) is 3.41. The Morgan fingerprint density at radius 3 is 2.41 bits per heavy atom. The number of nitrogens with one attached hydrogen (secondary N) is 1. The maximum atomic E-state index is 12.3. The molecule has 1 unspecified atom stereocenters. The summed E-state index contributed by atoms with van der Waals surface area (Å²) in [6.07, 6.45) is 0. The number of hydrogen-bond acceptors (Lipinski definition) is 3. The van der Waals surface area contributed by atoms with Crippen LogP contribution in [0.1, 0.15) is 22.8 Å². The van der Waals surface area contributed by atoms with Crippen LogP contribution in [0.4, 0.5) is 0 Å². The van der Waals surface area contributed by atoms with Crippen LogP contribution in [0.3, 0.4) is 0 Å². The lowest BCUT2D eigenvalue weighted by Crippen LogP contribution is -2.50. The quantitative estimate of drug-likeness (QED) is 0.801. The van der Waals surface area contributed by atoms with Crippen LogP contribution in [0.15, 0.2) is 24.3 Å². The van der Waals surface area contributed by atoms with Crippen LogP contribution in [0.5, 0.6) is 0 Å². The van der Waals surface area contributed by atoms with E-state index < -0.39 is 0 Å². The maximum Gasteiger partial charge on any atom is 0.179 e. The van der Waals surface area contributed by atoms with Gasteiger partial charge in [-0.25, -0.2) is 0 Å². The summed E-state index contributed by atoms with van der Waals surface area (Å²) in [5.41, 5.74) is 2.01. The highest BCUT2D eigenvalue weighted by molar-refractivity contribution is 5.99. The summed E-state index contributed by atoms with van der Waals surface area (Å²) in [6.45, 7) is 7.91. The van der Waals surface area contributed by atoms with Crippen molar-refractivity contribution in [2.24, 2.45) is 0 Å². The third-order valence-electron chi connectivity index (χ3n) is 3.41. The van der Waals surface area contributed by atoms with Gasteiger partial charge in [0.15, 0.2) is 5.78 Å². The number of benzene rings is 1. The zero-order valence-electron chi connectivity index (χ0n) is 10.6. The Hall–Kier alpha value is -1.19. The Kier molecular flexibility index (Phi) is 3.92. The number of rotatable bonds is 3. The van der Waals surface area contributed by atoms with Gasteiger partial charge in [0.05, 0.1) is 6.04 Å². The molecule has 0 amide bonds.